The van der Waals surface area contributed by atoms with Crippen LogP contribution in [0.1, 0.15) is 43.1 Å². The molecule has 0 aliphatic carbocycles. The van der Waals surface area contributed by atoms with Crippen molar-refractivity contribution in [2.75, 3.05) is 0 Å². The van der Waals surface area contributed by atoms with Gasteiger partial charge in [0.05, 0.1) is 12.2 Å². The summed E-state index contributed by atoms with van der Waals surface area (Å²) in [6.07, 6.45) is 1.03. The summed E-state index contributed by atoms with van der Waals surface area (Å²) in [6, 6.07) is 20.1. The molecule has 2 heteroatoms. The van der Waals surface area contributed by atoms with Crippen LogP contribution in [0.3, 0.4) is 0 Å². The highest BCUT2D eigenvalue weighted by molar-refractivity contribution is 5.83. The lowest BCUT2D eigenvalue weighted by Crippen LogP contribution is -2.32. The molecule has 0 radical (unpaired) electrons. The third-order valence-electron chi connectivity index (χ3n) is 4.22. The molecule has 3 unspecified atom stereocenters. The molecule has 3 rings (SSSR count). The van der Waals surface area contributed by atoms with Gasteiger partial charge in [0.15, 0.2) is 0 Å². The van der Waals surface area contributed by atoms with Crippen LogP contribution < -0.4 is 0 Å². The maximum absolute atomic E-state index is 12.5. The monoisotopic (exact) mass is 280 g/mol. The Hall–Kier alpha value is -1.93. The third-order valence-corrected chi connectivity index (χ3v) is 4.22. The first kappa shape index (κ1) is 14.0. The molecule has 1 fully saturated rings. The molecule has 2 aromatic rings. The van der Waals surface area contributed by atoms with E-state index in [0.29, 0.717) is 12.2 Å². The zero-order valence-electron chi connectivity index (χ0n) is 12.2. The number of rotatable bonds is 3. The summed E-state index contributed by atoms with van der Waals surface area (Å²) in [5.74, 6) is 0.277. The molecule has 108 valence electrons. The lowest BCUT2D eigenvalue weighted by Gasteiger charge is -2.35. The molecular weight excluding hydrogens is 260 g/mol. The molecule has 2 nitrogen and oxygen atoms in total. The number of Topliss-reactive ketones (excluding diaryl/α,β-unsaturated/α-hetero) is 1. The number of carbonyl (C=O) groups is 1. The molecule has 0 bridgehead atoms. The van der Waals surface area contributed by atoms with Crippen molar-refractivity contribution in [1.82, 2.24) is 0 Å². The van der Waals surface area contributed by atoms with Crippen molar-refractivity contribution in [2.24, 2.45) is 5.92 Å². The molecule has 1 aliphatic heterocycles. The Morgan fingerprint density at radius 1 is 0.952 bits per heavy atom. The Morgan fingerprint density at radius 2 is 1.52 bits per heavy atom. The Kier molecular flexibility index (Phi) is 4.16. The Labute approximate surface area is 125 Å². The van der Waals surface area contributed by atoms with Crippen LogP contribution in [0.5, 0.6) is 0 Å². The summed E-state index contributed by atoms with van der Waals surface area (Å²) < 4.78 is 6.31. The normalized spacial score (nSPS) is 25.8. The highest BCUT2D eigenvalue weighted by Gasteiger charge is 2.37. The fraction of sp³-hybridized carbons (Fsp3) is 0.316. The van der Waals surface area contributed by atoms with E-state index in [0.717, 1.165) is 17.5 Å². The summed E-state index contributed by atoms with van der Waals surface area (Å²) >= 11 is 0. The number of ether oxygens (including phenoxy) is 1. The number of hydrogen-bond acceptors (Lipinski definition) is 2. The predicted octanol–water partition coefficient (Wildman–Crippen LogP) is 4.48. The average molecular weight is 280 g/mol. The largest absolute Gasteiger partial charge is 0.364 e. The summed E-state index contributed by atoms with van der Waals surface area (Å²) in [5.41, 5.74) is 2.18. The van der Waals surface area contributed by atoms with Gasteiger partial charge in [0.2, 0.25) is 0 Å². The Morgan fingerprint density at radius 3 is 2.10 bits per heavy atom. The second-order valence-electron chi connectivity index (χ2n) is 5.55. The SMILES string of the molecule is CCC1C(=O)CC(c2ccccc2)OC1c1ccccc1. The average Bonchev–Trinajstić information content (AvgIpc) is 2.55. The molecule has 1 heterocycles. The van der Waals surface area contributed by atoms with Gasteiger partial charge in [-0.15, -0.1) is 0 Å². The minimum Gasteiger partial charge on any atom is -0.364 e. The van der Waals surface area contributed by atoms with Crippen LogP contribution in [0.25, 0.3) is 0 Å². The van der Waals surface area contributed by atoms with Gasteiger partial charge in [-0.3, -0.25) is 4.79 Å². The van der Waals surface area contributed by atoms with Gasteiger partial charge in [0.1, 0.15) is 5.78 Å². The molecule has 3 atom stereocenters. The second kappa shape index (κ2) is 6.23. The number of hydrogen-bond donors (Lipinski definition) is 0. The maximum atomic E-state index is 12.5. The molecule has 0 N–H and O–H groups in total. The van der Waals surface area contributed by atoms with Gasteiger partial charge < -0.3 is 4.74 Å². The van der Waals surface area contributed by atoms with E-state index in [1.807, 2.05) is 60.7 Å². The molecule has 1 aliphatic rings. The van der Waals surface area contributed by atoms with Gasteiger partial charge in [-0.1, -0.05) is 67.6 Å². The van der Waals surface area contributed by atoms with Gasteiger partial charge in [0.25, 0.3) is 0 Å². The standard InChI is InChI=1S/C19H20O2/c1-2-16-17(20)13-18(14-9-5-3-6-10-14)21-19(16)15-11-7-4-8-12-15/h3-12,16,18-19H,2,13H2,1H3. The van der Waals surface area contributed by atoms with Gasteiger partial charge >= 0.3 is 0 Å². The van der Waals surface area contributed by atoms with E-state index in [2.05, 4.69) is 6.92 Å². The molecule has 0 saturated carbocycles. The van der Waals surface area contributed by atoms with E-state index >= 15 is 0 Å². The fourth-order valence-electron chi connectivity index (χ4n) is 3.08. The van der Waals surface area contributed by atoms with Crippen molar-refractivity contribution in [3.8, 4) is 0 Å². The predicted molar refractivity (Wildman–Crippen MR) is 82.9 cm³/mol. The summed E-state index contributed by atoms with van der Waals surface area (Å²) in [6.45, 7) is 2.06. The van der Waals surface area contributed by atoms with Crippen molar-refractivity contribution in [1.29, 1.82) is 0 Å². The van der Waals surface area contributed by atoms with Crippen molar-refractivity contribution in [2.45, 2.75) is 32.0 Å². The van der Waals surface area contributed by atoms with Crippen LogP contribution in [0.15, 0.2) is 60.7 Å². The van der Waals surface area contributed by atoms with E-state index in [9.17, 15) is 4.79 Å². The molecular formula is C19H20O2. The zero-order chi connectivity index (χ0) is 14.7. The molecule has 2 aromatic carbocycles. The van der Waals surface area contributed by atoms with Gasteiger partial charge in [-0.2, -0.15) is 0 Å². The molecule has 1 saturated heterocycles. The Balaban J connectivity index is 1.91. The van der Waals surface area contributed by atoms with Crippen LogP contribution in [0.4, 0.5) is 0 Å². The summed E-state index contributed by atoms with van der Waals surface area (Å²) in [5, 5.41) is 0. The summed E-state index contributed by atoms with van der Waals surface area (Å²) in [4.78, 5) is 12.5. The van der Waals surface area contributed by atoms with Crippen LogP contribution in [-0.4, -0.2) is 5.78 Å². The van der Waals surface area contributed by atoms with Crippen molar-refractivity contribution in [3.05, 3.63) is 71.8 Å². The molecule has 0 aromatic heterocycles. The topological polar surface area (TPSA) is 26.3 Å². The van der Waals surface area contributed by atoms with Gasteiger partial charge in [-0.25, -0.2) is 0 Å². The third kappa shape index (κ3) is 2.91. The van der Waals surface area contributed by atoms with Gasteiger partial charge in [0, 0.05) is 12.3 Å². The van der Waals surface area contributed by atoms with E-state index in [1.165, 1.54) is 0 Å². The van der Waals surface area contributed by atoms with E-state index in [-0.39, 0.29) is 18.1 Å². The number of benzene rings is 2. The summed E-state index contributed by atoms with van der Waals surface area (Å²) in [7, 11) is 0. The number of ketones is 1. The van der Waals surface area contributed by atoms with Crippen molar-refractivity contribution >= 4 is 5.78 Å². The molecule has 0 spiro atoms. The molecule has 21 heavy (non-hydrogen) atoms. The fourth-order valence-corrected chi connectivity index (χ4v) is 3.08. The molecule has 0 amide bonds. The van der Waals surface area contributed by atoms with Crippen LogP contribution in [0, 0.1) is 5.92 Å². The highest BCUT2D eigenvalue weighted by atomic mass is 16.5. The zero-order valence-corrected chi connectivity index (χ0v) is 12.2. The van der Waals surface area contributed by atoms with Crippen LogP contribution in [-0.2, 0) is 9.53 Å². The lowest BCUT2D eigenvalue weighted by molar-refractivity contribution is -0.148. The highest BCUT2D eigenvalue weighted by Crippen LogP contribution is 2.41. The lowest BCUT2D eigenvalue weighted by atomic mass is 9.83. The second-order valence-corrected chi connectivity index (χ2v) is 5.55. The Bertz CT molecular complexity index is 591. The van der Waals surface area contributed by atoms with Crippen LogP contribution in [0.2, 0.25) is 0 Å². The smallest absolute Gasteiger partial charge is 0.141 e. The number of carbonyl (C=O) groups excluding carboxylic acids is 1. The first-order valence-electron chi connectivity index (χ1n) is 7.57. The first-order chi connectivity index (χ1) is 10.3. The quantitative estimate of drug-likeness (QED) is 0.828. The van der Waals surface area contributed by atoms with Crippen molar-refractivity contribution in [3.63, 3.8) is 0 Å². The van der Waals surface area contributed by atoms with E-state index < -0.39 is 0 Å². The maximum Gasteiger partial charge on any atom is 0.141 e. The van der Waals surface area contributed by atoms with Crippen molar-refractivity contribution < 1.29 is 9.53 Å². The van der Waals surface area contributed by atoms with E-state index in [1.54, 1.807) is 0 Å². The minimum absolute atomic E-state index is 0.0348. The van der Waals surface area contributed by atoms with E-state index in [4.69, 9.17) is 4.74 Å². The first-order valence-corrected chi connectivity index (χ1v) is 7.57. The van der Waals surface area contributed by atoms with Gasteiger partial charge in [-0.05, 0) is 17.5 Å². The minimum atomic E-state index is -0.136. The van der Waals surface area contributed by atoms with Crippen LogP contribution >= 0.6 is 0 Å².